The summed E-state index contributed by atoms with van der Waals surface area (Å²) in [6.07, 6.45) is 1.47. The predicted octanol–water partition coefficient (Wildman–Crippen LogP) is 3.09. The Labute approximate surface area is 182 Å². The third-order valence-electron chi connectivity index (χ3n) is 5.82. The van der Waals surface area contributed by atoms with E-state index < -0.39 is 0 Å². The van der Waals surface area contributed by atoms with Crippen molar-refractivity contribution < 1.29 is 23.7 Å². The van der Waals surface area contributed by atoms with Crippen LogP contribution in [0.15, 0.2) is 24.3 Å². The molecule has 2 aliphatic heterocycles. The zero-order valence-electron chi connectivity index (χ0n) is 18.5. The van der Waals surface area contributed by atoms with Crippen LogP contribution in [0.5, 0.6) is 17.4 Å². The van der Waals surface area contributed by atoms with E-state index in [4.69, 9.17) is 18.9 Å². The third kappa shape index (κ3) is 4.58. The zero-order valence-corrected chi connectivity index (χ0v) is 18.5. The van der Waals surface area contributed by atoms with Crippen LogP contribution in [0.3, 0.4) is 0 Å². The van der Waals surface area contributed by atoms with Crippen molar-refractivity contribution in [1.82, 2.24) is 15.1 Å². The third-order valence-corrected chi connectivity index (χ3v) is 5.82. The second kappa shape index (κ2) is 8.70. The van der Waals surface area contributed by atoms with Gasteiger partial charge in [0.05, 0.1) is 32.1 Å². The lowest BCUT2D eigenvalue weighted by Crippen LogP contribution is -2.43. The van der Waals surface area contributed by atoms with Crippen LogP contribution in [-0.4, -0.2) is 60.6 Å². The Hall–Kier alpha value is -2.87. The lowest BCUT2D eigenvalue weighted by Gasteiger charge is -2.36. The Morgan fingerprint density at radius 2 is 2.00 bits per heavy atom. The SMILES string of the molecule is COc1ccc(-c2cc3c(c(OC)c2)OCCN(C(=O)[C@H]2CCOC(C)(C)C2)C3)nn1. The van der Waals surface area contributed by atoms with Crippen LogP contribution in [-0.2, 0) is 16.1 Å². The number of hydrogen-bond acceptors (Lipinski definition) is 7. The number of rotatable bonds is 4. The lowest BCUT2D eigenvalue weighted by atomic mass is 9.87. The molecule has 1 aromatic carbocycles. The number of carbonyl (C=O) groups excluding carboxylic acids is 1. The molecule has 1 saturated heterocycles. The molecular formula is C23H29N3O5. The monoisotopic (exact) mass is 427 g/mol. The van der Waals surface area contributed by atoms with Crippen molar-refractivity contribution in [2.45, 2.75) is 38.8 Å². The van der Waals surface area contributed by atoms with Crippen LogP contribution in [0.4, 0.5) is 0 Å². The molecule has 0 radical (unpaired) electrons. The first-order valence-electron chi connectivity index (χ1n) is 10.5. The molecule has 3 heterocycles. The quantitative estimate of drug-likeness (QED) is 0.741. The Bertz CT molecular complexity index is 945. The number of fused-ring (bicyclic) bond motifs is 1. The molecule has 1 fully saturated rings. The van der Waals surface area contributed by atoms with Crippen molar-refractivity contribution in [3.05, 3.63) is 29.8 Å². The van der Waals surface area contributed by atoms with Crippen LogP contribution in [0.1, 0.15) is 32.3 Å². The summed E-state index contributed by atoms with van der Waals surface area (Å²) >= 11 is 0. The van der Waals surface area contributed by atoms with Crippen LogP contribution in [0.2, 0.25) is 0 Å². The second-order valence-electron chi connectivity index (χ2n) is 8.53. The summed E-state index contributed by atoms with van der Waals surface area (Å²) < 4.78 is 22.5. The van der Waals surface area contributed by atoms with Gasteiger partial charge in [-0.2, -0.15) is 0 Å². The average Bonchev–Trinajstić information content (AvgIpc) is 2.99. The molecule has 0 aliphatic carbocycles. The summed E-state index contributed by atoms with van der Waals surface area (Å²) in [4.78, 5) is 15.2. The van der Waals surface area contributed by atoms with Gasteiger partial charge in [-0.15, -0.1) is 10.2 Å². The number of carbonyl (C=O) groups is 1. The van der Waals surface area contributed by atoms with E-state index in [9.17, 15) is 4.79 Å². The van der Waals surface area contributed by atoms with E-state index in [2.05, 4.69) is 10.2 Å². The van der Waals surface area contributed by atoms with Crippen molar-refractivity contribution in [3.8, 4) is 28.6 Å². The van der Waals surface area contributed by atoms with Crippen molar-refractivity contribution in [2.24, 2.45) is 5.92 Å². The normalized spacial score (nSPS) is 20.3. The molecule has 0 N–H and O–H groups in total. The molecule has 0 saturated carbocycles. The molecule has 0 spiro atoms. The number of aromatic nitrogens is 2. The van der Waals surface area contributed by atoms with Gasteiger partial charge in [0, 0.05) is 36.3 Å². The zero-order chi connectivity index (χ0) is 22.0. The Morgan fingerprint density at radius 1 is 1.16 bits per heavy atom. The number of nitrogens with zero attached hydrogens (tertiary/aromatic N) is 3. The first kappa shape index (κ1) is 21.4. The Morgan fingerprint density at radius 3 is 2.68 bits per heavy atom. The maximum Gasteiger partial charge on any atom is 0.233 e. The van der Waals surface area contributed by atoms with Gasteiger partial charge in [-0.3, -0.25) is 4.79 Å². The highest BCUT2D eigenvalue weighted by Crippen LogP contribution is 2.39. The number of ether oxygens (including phenoxy) is 4. The van der Waals surface area contributed by atoms with Gasteiger partial charge >= 0.3 is 0 Å². The summed E-state index contributed by atoms with van der Waals surface area (Å²) in [5.74, 6) is 1.86. The van der Waals surface area contributed by atoms with E-state index in [0.29, 0.717) is 49.4 Å². The highest BCUT2D eigenvalue weighted by Gasteiger charge is 2.36. The number of methoxy groups -OCH3 is 2. The maximum atomic E-state index is 13.3. The molecule has 1 amide bonds. The summed E-state index contributed by atoms with van der Waals surface area (Å²) in [6.45, 7) is 6.11. The molecule has 2 aromatic rings. The van der Waals surface area contributed by atoms with Gasteiger partial charge in [0.2, 0.25) is 11.8 Å². The summed E-state index contributed by atoms with van der Waals surface area (Å²) in [7, 11) is 3.16. The van der Waals surface area contributed by atoms with Gasteiger partial charge in [-0.05, 0) is 44.9 Å². The van der Waals surface area contributed by atoms with E-state index >= 15 is 0 Å². The molecule has 8 heteroatoms. The standard InChI is InChI=1S/C23H29N3O5/c1-23(2)13-15(7-9-31-23)22(27)26-8-10-30-21-17(14-26)11-16(12-19(21)28-3)18-5-6-20(29-4)25-24-18/h5-6,11-12,15H,7-10,13-14H2,1-4H3/t15-/m0/s1. The Kier molecular flexibility index (Phi) is 6.00. The number of benzene rings is 1. The van der Waals surface area contributed by atoms with Crippen LogP contribution in [0, 0.1) is 5.92 Å². The largest absolute Gasteiger partial charge is 0.493 e. The minimum Gasteiger partial charge on any atom is -0.493 e. The number of amides is 1. The van der Waals surface area contributed by atoms with Gasteiger partial charge in [0.1, 0.15) is 6.61 Å². The number of hydrogen-bond donors (Lipinski definition) is 0. The minimum atomic E-state index is -0.276. The van der Waals surface area contributed by atoms with E-state index in [0.717, 1.165) is 24.0 Å². The highest BCUT2D eigenvalue weighted by molar-refractivity contribution is 5.79. The van der Waals surface area contributed by atoms with E-state index in [1.807, 2.05) is 36.9 Å². The minimum absolute atomic E-state index is 0.0390. The molecule has 31 heavy (non-hydrogen) atoms. The van der Waals surface area contributed by atoms with Gasteiger partial charge in [-0.25, -0.2) is 0 Å². The van der Waals surface area contributed by atoms with E-state index in [1.54, 1.807) is 20.3 Å². The molecule has 0 bridgehead atoms. The smallest absolute Gasteiger partial charge is 0.233 e. The van der Waals surface area contributed by atoms with E-state index in [-0.39, 0.29) is 17.4 Å². The summed E-state index contributed by atoms with van der Waals surface area (Å²) in [5, 5.41) is 8.30. The molecule has 8 nitrogen and oxygen atoms in total. The van der Waals surface area contributed by atoms with Crippen molar-refractivity contribution in [2.75, 3.05) is 34.0 Å². The van der Waals surface area contributed by atoms with E-state index in [1.165, 1.54) is 0 Å². The molecule has 0 unspecified atom stereocenters. The van der Waals surface area contributed by atoms with Gasteiger partial charge in [-0.1, -0.05) is 0 Å². The van der Waals surface area contributed by atoms with Crippen molar-refractivity contribution in [1.29, 1.82) is 0 Å². The fourth-order valence-electron chi connectivity index (χ4n) is 4.26. The van der Waals surface area contributed by atoms with Gasteiger partial charge in [0.15, 0.2) is 11.5 Å². The van der Waals surface area contributed by atoms with Gasteiger partial charge in [0.25, 0.3) is 0 Å². The maximum absolute atomic E-state index is 13.3. The first-order chi connectivity index (χ1) is 14.9. The second-order valence-corrected chi connectivity index (χ2v) is 8.53. The molecule has 2 aliphatic rings. The molecular weight excluding hydrogens is 398 g/mol. The topological polar surface area (TPSA) is 83.0 Å². The first-order valence-corrected chi connectivity index (χ1v) is 10.5. The van der Waals surface area contributed by atoms with Crippen LogP contribution < -0.4 is 14.2 Å². The molecule has 1 atom stereocenters. The Balaban J connectivity index is 1.62. The average molecular weight is 428 g/mol. The highest BCUT2D eigenvalue weighted by atomic mass is 16.5. The molecule has 166 valence electrons. The van der Waals surface area contributed by atoms with Crippen molar-refractivity contribution in [3.63, 3.8) is 0 Å². The van der Waals surface area contributed by atoms with Crippen LogP contribution in [0.25, 0.3) is 11.3 Å². The summed E-state index contributed by atoms with van der Waals surface area (Å²) in [5.41, 5.74) is 2.15. The van der Waals surface area contributed by atoms with Gasteiger partial charge < -0.3 is 23.8 Å². The molecule has 4 rings (SSSR count). The summed E-state index contributed by atoms with van der Waals surface area (Å²) in [6, 6.07) is 7.49. The molecule has 1 aromatic heterocycles. The van der Waals surface area contributed by atoms with Crippen molar-refractivity contribution >= 4 is 5.91 Å². The van der Waals surface area contributed by atoms with Crippen LogP contribution >= 0.6 is 0 Å². The lowest BCUT2D eigenvalue weighted by molar-refractivity contribution is -0.146. The fraction of sp³-hybridized carbons (Fsp3) is 0.522. The fourth-order valence-corrected chi connectivity index (χ4v) is 4.26. The predicted molar refractivity (Wildman–Crippen MR) is 114 cm³/mol.